The number of hydrogen-bond donors (Lipinski definition) is 1. The Morgan fingerprint density at radius 3 is 2.59 bits per heavy atom. The normalized spacial score (nSPS) is 10.6. The van der Waals surface area contributed by atoms with Gasteiger partial charge in [-0.2, -0.15) is 0 Å². The Bertz CT molecular complexity index is 723. The van der Waals surface area contributed by atoms with Crippen LogP contribution >= 0.6 is 0 Å². The second-order valence-corrected chi connectivity index (χ2v) is 4.65. The Balaban J connectivity index is 2.14. The molecule has 0 bridgehead atoms. The van der Waals surface area contributed by atoms with Crippen LogP contribution in [0.5, 0.6) is 0 Å². The fourth-order valence-electron chi connectivity index (χ4n) is 2.09. The zero-order chi connectivity index (χ0) is 15.9. The van der Waals surface area contributed by atoms with E-state index in [1.807, 2.05) is 31.2 Å². The third kappa shape index (κ3) is 3.79. The molecular formula is C17H16N2O3. The van der Waals surface area contributed by atoms with Gasteiger partial charge in [-0.05, 0) is 30.2 Å². The summed E-state index contributed by atoms with van der Waals surface area (Å²) in [6.07, 6.45) is 3.56. The van der Waals surface area contributed by atoms with Gasteiger partial charge in [-0.1, -0.05) is 37.3 Å². The van der Waals surface area contributed by atoms with Crippen molar-refractivity contribution in [1.29, 1.82) is 0 Å². The second-order valence-electron chi connectivity index (χ2n) is 4.65. The van der Waals surface area contributed by atoms with Crippen LogP contribution in [0.1, 0.15) is 18.1 Å². The molecule has 0 aliphatic carbocycles. The van der Waals surface area contributed by atoms with Gasteiger partial charge in [0, 0.05) is 17.8 Å². The molecule has 1 amide bonds. The lowest BCUT2D eigenvalue weighted by Crippen LogP contribution is -2.09. The SMILES string of the molecule is CCc1ccccc1NC(=O)/C=C/c1ccccc1[N+](=O)[O-]. The molecule has 0 aliphatic heterocycles. The van der Waals surface area contributed by atoms with Crippen LogP contribution in [0, 0.1) is 10.1 Å². The highest BCUT2D eigenvalue weighted by molar-refractivity contribution is 6.02. The molecule has 2 aromatic carbocycles. The highest BCUT2D eigenvalue weighted by Crippen LogP contribution is 2.19. The predicted molar refractivity (Wildman–Crippen MR) is 86.6 cm³/mol. The predicted octanol–water partition coefficient (Wildman–Crippen LogP) is 3.81. The number of nitro groups is 1. The maximum atomic E-state index is 12.0. The maximum Gasteiger partial charge on any atom is 0.276 e. The quantitative estimate of drug-likeness (QED) is 0.518. The number of nitrogens with one attached hydrogen (secondary N) is 1. The largest absolute Gasteiger partial charge is 0.322 e. The highest BCUT2D eigenvalue weighted by Gasteiger charge is 2.10. The summed E-state index contributed by atoms with van der Waals surface area (Å²) < 4.78 is 0. The first-order valence-electron chi connectivity index (χ1n) is 6.92. The first-order chi connectivity index (χ1) is 10.6. The van der Waals surface area contributed by atoms with E-state index in [0.717, 1.165) is 17.7 Å². The summed E-state index contributed by atoms with van der Waals surface area (Å²) in [6.45, 7) is 2.01. The van der Waals surface area contributed by atoms with Crippen molar-refractivity contribution in [3.63, 3.8) is 0 Å². The van der Waals surface area contributed by atoms with Gasteiger partial charge in [-0.25, -0.2) is 0 Å². The molecule has 0 spiro atoms. The van der Waals surface area contributed by atoms with Crippen molar-refractivity contribution in [2.45, 2.75) is 13.3 Å². The molecule has 2 aromatic rings. The van der Waals surface area contributed by atoms with Crippen molar-refractivity contribution < 1.29 is 9.72 Å². The average molecular weight is 296 g/mol. The maximum absolute atomic E-state index is 12.0. The van der Waals surface area contributed by atoms with Crippen molar-refractivity contribution in [2.75, 3.05) is 5.32 Å². The summed E-state index contributed by atoms with van der Waals surface area (Å²) in [5.74, 6) is -0.320. The Labute approximate surface area is 128 Å². The van der Waals surface area contributed by atoms with Crippen molar-refractivity contribution >= 4 is 23.4 Å². The van der Waals surface area contributed by atoms with Crippen LogP contribution in [0.4, 0.5) is 11.4 Å². The molecule has 0 fully saturated rings. The van der Waals surface area contributed by atoms with Gasteiger partial charge in [0.25, 0.3) is 5.69 Å². The summed E-state index contributed by atoms with van der Waals surface area (Å²) in [6, 6.07) is 13.8. The number of carbonyl (C=O) groups excluding carboxylic acids is 1. The van der Waals surface area contributed by atoms with E-state index in [1.54, 1.807) is 18.2 Å². The van der Waals surface area contributed by atoms with Gasteiger partial charge in [0.15, 0.2) is 0 Å². The van der Waals surface area contributed by atoms with Crippen LogP contribution < -0.4 is 5.32 Å². The number of para-hydroxylation sites is 2. The minimum absolute atomic E-state index is 0.0273. The lowest BCUT2D eigenvalue weighted by molar-refractivity contribution is -0.385. The van der Waals surface area contributed by atoms with Gasteiger partial charge < -0.3 is 5.32 Å². The number of hydrogen-bond acceptors (Lipinski definition) is 3. The molecule has 0 aliphatic rings. The van der Waals surface area contributed by atoms with Crippen molar-refractivity contribution in [3.05, 3.63) is 75.8 Å². The Morgan fingerprint density at radius 1 is 1.18 bits per heavy atom. The molecule has 0 saturated carbocycles. The van der Waals surface area contributed by atoms with E-state index in [4.69, 9.17) is 0 Å². The minimum Gasteiger partial charge on any atom is -0.322 e. The van der Waals surface area contributed by atoms with Gasteiger partial charge in [-0.15, -0.1) is 0 Å². The summed E-state index contributed by atoms with van der Waals surface area (Å²) >= 11 is 0. The number of benzene rings is 2. The lowest BCUT2D eigenvalue weighted by atomic mass is 10.1. The third-order valence-electron chi connectivity index (χ3n) is 3.20. The molecule has 0 radical (unpaired) electrons. The lowest BCUT2D eigenvalue weighted by Gasteiger charge is -2.07. The summed E-state index contributed by atoms with van der Waals surface area (Å²) in [7, 11) is 0. The smallest absolute Gasteiger partial charge is 0.276 e. The first-order valence-corrected chi connectivity index (χ1v) is 6.92. The fourth-order valence-corrected chi connectivity index (χ4v) is 2.09. The van der Waals surface area contributed by atoms with Crippen LogP contribution in [0.3, 0.4) is 0 Å². The topological polar surface area (TPSA) is 72.2 Å². The van der Waals surface area contributed by atoms with Crippen LogP contribution in [-0.2, 0) is 11.2 Å². The molecule has 0 heterocycles. The minimum atomic E-state index is -0.468. The zero-order valence-electron chi connectivity index (χ0n) is 12.2. The van der Waals surface area contributed by atoms with E-state index in [9.17, 15) is 14.9 Å². The molecule has 5 nitrogen and oxygen atoms in total. The number of nitro benzene ring substituents is 1. The van der Waals surface area contributed by atoms with Gasteiger partial charge in [-0.3, -0.25) is 14.9 Å². The molecule has 22 heavy (non-hydrogen) atoms. The van der Waals surface area contributed by atoms with E-state index in [0.29, 0.717) is 5.56 Å². The molecule has 0 unspecified atom stereocenters. The molecule has 112 valence electrons. The highest BCUT2D eigenvalue weighted by atomic mass is 16.6. The molecule has 1 N–H and O–H groups in total. The monoisotopic (exact) mass is 296 g/mol. The van der Waals surface area contributed by atoms with Crippen molar-refractivity contribution in [2.24, 2.45) is 0 Å². The summed E-state index contributed by atoms with van der Waals surface area (Å²) in [4.78, 5) is 22.4. The van der Waals surface area contributed by atoms with Crippen LogP contribution in [0.15, 0.2) is 54.6 Å². The Morgan fingerprint density at radius 2 is 1.86 bits per heavy atom. The van der Waals surface area contributed by atoms with Gasteiger partial charge in [0.1, 0.15) is 0 Å². The first kappa shape index (κ1) is 15.4. The Hall–Kier alpha value is -2.95. The average Bonchev–Trinajstić information content (AvgIpc) is 2.53. The van der Waals surface area contributed by atoms with E-state index in [-0.39, 0.29) is 11.6 Å². The number of carbonyl (C=O) groups is 1. The zero-order valence-corrected chi connectivity index (χ0v) is 12.2. The van der Waals surface area contributed by atoms with Crippen LogP contribution in [0.25, 0.3) is 6.08 Å². The molecular weight excluding hydrogens is 280 g/mol. The second kappa shape index (κ2) is 7.17. The number of aryl methyl sites for hydroxylation is 1. The summed E-state index contributed by atoms with van der Waals surface area (Å²) in [5.41, 5.74) is 2.16. The standard InChI is InChI=1S/C17H16N2O3/c1-2-13-7-3-5-9-15(13)18-17(20)12-11-14-8-4-6-10-16(14)19(21)22/h3-12H,2H2,1H3,(H,18,20)/b12-11+. The number of rotatable bonds is 5. The molecule has 0 saturated heterocycles. The number of amides is 1. The third-order valence-corrected chi connectivity index (χ3v) is 3.20. The summed E-state index contributed by atoms with van der Waals surface area (Å²) in [5, 5.41) is 13.7. The van der Waals surface area contributed by atoms with Crippen LogP contribution in [0.2, 0.25) is 0 Å². The molecule has 5 heteroatoms. The van der Waals surface area contributed by atoms with E-state index in [1.165, 1.54) is 18.2 Å². The molecule has 0 atom stereocenters. The number of anilines is 1. The van der Waals surface area contributed by atoms with E-state index < -0.39 is 4.92 Å². The van der Waals surface area contributed by atoms with E-state index >= 15 is 0 Å². The van der Waals surface area contributed by atoms with E-state index in [2.05, 4.69) is 5.32 Å². The van der Waals surface area contributed by atoms with Gasteiger partial charge in [0.05, 0.1) is 10.5 Å². The van der Waals surface area contributed by atoms with Crippen molar-refractivity contribution in [1.82, 2.24) is 0 Å². The van der Waals surface area contributed by atoms with Gasteiger partial charge in [0.2, 0.25) is 5.91 Å². The van der Waals surface area contributed by atoms with Gasteiger partial charge >= 0.3 is 0 Å². The molecule has 2 rings (SSSR count). The van der Waals surface area contributed by atoms with Crippen molar-refractivity contribution in [3.8, 4) is 0 Å². The number of nitrogens with zero attached hydrogens (tertiary/aromatic N) is 1. The molecule has 0 aromatic heterocycles. The Kier molecular flexibility index (Phi) is 5.03. The van der Waals surface area contributed by atoms with Crippen LogP contribution in [-0.4, -0.2) is 10.8 Å². The fraction of sp³-hybridized carbons (Fsp3) is 0.118.